The highest BCUT2D eigenvalue weighted by Gasteiger charge is 2.26. The second-order valence-electron chi connectivity index (χ2n) is 9.31. The number of aromatic nitrogens is 3. The average Bonchev–Trinajstić information content (AvgIpc) is 3.40. The molecule has 11 heteroatoms. The Balaban J connectivity index is 1.70. The summed E-state index contributed by atoms with van der Waals surface area (Å²) in [4.78, 5) is 20.3. The minimum absolute atomic E-state index is 0.139. The minimum atomic E-state index is -3.65. The van der Waals surface area contributed by atoms with Crippen molar-refractivity contribution in [3.63, 3.8) is 0 Å². The number of hydrogen-bond donors (Lipinski definition) is 0. The van der Waals surface area contributed by atoms with Crippen LogP contribution in [0.5, 0.6) is 0 Å². The summed E-state index contributed by atoms with van der Waals surface area (Å²) >= 11 is 7.65. The fourth-order valence-corrected chi connectivity index (χ4v) is 6.82. The van der Waals surface area contributed by atoms with Gasteiger partial charge in [-0.15, -0.1) is 0 Å². The van der Waals surface area contributed by atoms with Crippen molar-refractivity contribution in [2.75, 3.05) is 18.5 Å². The number of carbonyl (C=O) groups is 1. The molecule has 37 heavy (non-hydrogen) atoms. The summed E-state index contributed by atoms with van der Waals surface area (Å²) in [5, 5.41) is 5.68. The number of hydrogen-bond acceptors (Lipinski definition) is 6. The molecule has 2 heterocycles. The van der Waals surface area contributed by atoms with E-state index >= 15 is 0 Å². The topological polar surface area (TPSA) is 88.4 Å². The average molecular weight is 560 g/mol. The van der Waals surface area contributed by atoms with Crippen LogP contribution in [0.25, 0.3) is 10.2 Å². The standard InChI is InChI=1S/C26H30ClN5O3S2/c1-16(2)30(6)37(34,35)22-9-7-20(8-10-22)25(33)31(11-12-32-19(5)14-18(4)29-32)26-28-24-17(3)13-21(27)15-23(24)36-26/h7-10,13-16H,11-12H2,1-6H3. The summed E-state index contributed by atoms with van der Waals surface area (Å²) in [7, 11) is -2.11. The molecule has 0 spiro atoms. The highest BCUT2D eigenvalue weighted by molar-refractivity contribution is 7.89. The molecule has 0 fully saturated rings. The molecule has 0 N–H and O–H groups in total. The number of benzene rings is 2. The van der Waals surface area contributed by atoms with Crippen molar-refractivity contribution < 1.29 is 13.2 Å². The lowest BCUT2D eigenvalue weighted by atomic mass is 10.2. The van der Waals surface area contributed by atoms with Crippen molar-refractivity contribution in [3.8, 4) is 0 Å². The van der Waals surface area contributed by atoms with Gasteiger partial charge in [-0.1, -0.05) is 22.9 Å². The number of carbonyl (C=O) groups excluding carboxylic acids is 1. The van der Waals surface area contributed by atoms with Crippen LogP contribution in [0.4, 0.5) is 5.13 Å². The van der Waals surface area contributed by atoms with E-state index in [1.165, 1.54) is 27.8 Å². The van der Waals surface area contributed by atoms with E-state index in [-0.39, 0.29) is 16.8 Å². The molecule has 0 aliphatic rings. The van der Waals surface area contributed by atoms with Gasteiger partial charge >= 0.3 is 0 Å². The number of nitrogens with zero attached hydrogens (tertiary/aromatic N) is 5. The molecule has 1 amide bonds. The highest BCUT2D eigenvalue weighted by atomic mass is 35.5. The number of amides is 1. The van der Waals surface area contributed by atoms with Crippen LogP contribution in [0.2, 0.25) is 5.02 Å². The van der Waals surface area contributed by atoms with Gasteiger partial charge in [0.05, 0.1) is 27.4 Å². The maximum Gasteiger partial charge on any atom is 0.260 e. The Hall–Kier alpha value is -2.79. The van der Waals surface area contributed by atoms with Crippen molar-refractivity contribution in [1.82, 2.24) is 19.1 Å². The maximum atomic E-state index is 13.8. The van der Waals surface area contributed by atoms with Gasteiger partial charge in [-0.3, -0.25) is 14.4 Å². The van der Waals surface area contributed by atoms with Crippen LogP contribution >= 0.6 is 22.9 Å². The lowest BCUT2D eigenvalue weighted by Crippen LogP contribution is -2.34. The monoisotopic (exact) mass is 559 g/mol. The van der Waals surface area contributed by atoms with Gasteiger partial charge in [0.15, 0.2) is 5.13 Å². The van der Waals surface area contributed by atoms with Crippen LogP contribution < -0.4 is 4.90 Å². The fraction of sp³-hybridized carbons (Fsp3) is 0.346. The summed E-state index contributed by atoms with van der Waals surface area (Å²) in [6.07, 6.45) is 0. The van der Waals surface area contributed by atoms with Crippen LogP contribution in [0.1, 0.15) is 41.2 Å². The summed E-state index contributed by atoms with van der Waals surface area (Å²) in [6.45, 7) is 10.3. The summed E-state index contributed by atoms with van der Waals surface area (Å²) in [6, 6.07) is 11.5. The van der Waals surface area contributed by atoms with Crippen molar-refractivity contribution in [1.29, 1.82) is 0 Å². The predicted molar refractivity (Wildman–Crippen MR) is 149 cm³/mol. The number of thiazole rings is 1. The van der Waals surface area contributed by atoms with E-state index in [2.05, 4.69) is 5.10 Å². The van der Waals surface area contributed by atoms with Crippen molar-refractivity contribution in [3.05, 3.63) is 70.0 Å². The highest BCUT2D eigenvalue weighted by Crippen LogP contribution is 2.34. The van der Waals surface area contributed by atoms with Gasteiger partial charge in [0, 0.05) is 35.9 Å². The molecule has 196 valence electrons. The molecule has 0 radical (unpaired) electrons. The van der Waals surface area contributed by atoms with Gasteiger partial charge < -0.3 is 0 Å². The van der Waals surface area contributed by atoms with E-state index in [0.717, 1.165) is 27.2 Å². The van der Waals surface area contributed by atoms with Gasteiger partial charge in [0.2, 0.25) is 10.0 Å². The third kappa shape index (κ3) is 5.57. The van der Waals surface area contributed by atoms with E-state index in [0.29, 0.717) is 28.8 Å². The third-order valence-corrected chi connectivity index (χ3v) is 9.55. The molecule has 0 atom stereocenters. The Labute approximate surface area is 226 Å². The number of fused-ring (bicyclic) bond motifs is 1. The van der Waals surface area contributed by atoms with Crippen molar-refractivity contribution in [2.45, 2.75) is 52.1 Å². The molecule has 2 aromatic heterocycles. The molecule has 4 aromatic rings. The number of sulfonamides is 1. The first-order chi connectivity index (χ1) is 17.4. The molecule has 8 nitrogen and oxygen atoms in total. The second kappa shape index (κ2) is 10.5. The van der Waals surface area contributed by atoms with Gasteiger partial charge in [0.1, 0.15) is 0 Å². The summed E-state index contributed by atoms with van der Waals surface area (Å²) < 4.78 is 29.8. The van der Waals surface area contributed by atoms with Crippen LogP contribution in [-0.2, 0) is 16.6 Å². The normalized spacial score (nSPS) is 12.1. The molecule has 0 unspecified atom stereocenters. The molecule has 2 aromatic carbocycles. The Morgan fingerprint density at radius 1 is 1.11 bits per heavy atom. The van der Waals surface area contributed by atoms with Gasteiger partial charge in [-0.05, 0) is 82.6 Å². The first kappa shape index (κ1) is 27.3. The first-order valence-electron chi connectivity index (χ1n) is 11.9. The molecular weight excluding hydrogens is 530 g/mol. The SMILES string of the molecule is Cc1cc(C)n(CCN(C(=O)c2ccc(S(=O)(=O)N(C)C(C)C)cc2)c2nc3c(C)cc(Cl)cc3s2)n1. The van der Waals surface area contributed by atoms with Crippen molar-refractivity contribution in [2.24, 2.45) is 0 Å². The number of halogens is 1. The largest absolute Gasteiger partial charge is 0.282 e. The summed E-state index contributed by atoms with van der Waals surface area (Å²) in [5.41, 5.74) is 4.00. The lowest BCUT2D eigenvalue weighted by molar-refractivity contribution is 0.0985. The zero-order valence-electron chi connectivity index (χ0n) is 21.7. The molecule has 4 rings (SSSR count). The van der Waals surface area contributed by atoms with E-state index in [1.807, 2.05) is 57.5 Å². The number of aryl methyl sites for hydroxylation is 3. The Morgan fingerprint density at radius 2 is 1.78 bits per heavy atom. The molecular formula is C26H30ClN5O3S2. The lowest BCUT2D eigenvalue weighted by Gasteiger charge is -2.22. The third-order valence-electron chi connectivity index (χ3n) is 6.26. The van der Waals surface area contributed by atoms with Gasteiger partial charge in [-0.25, -0.2) is 13.4 Å². The zero-order chi connectivity index (χ0) is 27.1. The van der Waals surface area contributed by atoms with Crippen LogP contribution in [0, 0.1) is 20.8 Å². The second-order valence-corrected chi connectivity index (χ2v) is 12.8. The molecule has 0 bridgehead atoms. The number of rotatable bonds is 8. The molecule has 0 aliphatic heterocycles. The minimum Gasteiger partial charge on any atom is -0.282 e. The van der Waals surface area contributed by atoms with E-state index in [4.69, 9.17) is 16.6 Å². The quantitative estimate of drug-likeness (QED) is 0.286. The van der Waals surface area contributed by atoms with E-state index in [1.54, 1.807) is 24.1 Å². The maximum absolute atomic E-state index is 13.8. The smallest absolute Gasteiger partial charge is 0.260 e. The Morgan fingerprint density at radius 3 is 2.38 bits per heavy atom. The van der Waals surface area contributed by atoms with E-state index in [9.17, 15) is 13.2 Å². The Kier molecular flexibility index (Phi) is 7.75. The molecule has 0 aliphatic carbocycles. The van der Waals surface area contributed by atoms with E-state index < -0.39 is 10.0 Å². The van der Waals surface area contributed by atoms with Crippen LogP contribution in [0.15, 0.2) is 47.4 Å². The zero-order valence-corrected chi connectivity index (χ0v) is 24.1. The Bertz CT molecular complexity index is 1560. The molecule has 0 saturated carbocycles. The fourth-order valence-electron chi connectivity index (χ4n) is 4.01. The van der Waals surface area contributed by atoms with Gasteiger partial charge in [-0.2, -0.15) is 9.40 Å². The van der Waals surface area contributed by atoms with Crippen molar-refractivity contribution >= 4 is 54.2 Å². The van der Waals surface area contributed by atoms with Gasteiger partial charge in [0.25, 0.3) is 5.91 Å². The summed E-state index contributed by atoms with van der Waals surface area (Å²) in [5.74, 6) is -0.273. The van der Waals surface area contributed by atoms with Crippen LogP contribution in [0.3, 0.4) is 0 Å². The first-order valence-corrected chi connectivity index (χ1v) is 14.5. The molecule has 0 saturated heterocycles. The number of anilines is 1. The van der Waals surface area contributed by atoms with Crippen LogP contribution in [-0.4, -0.2) is 53.0 Å². The predicted octanol–water partition coefficient (Wildman–Crippen LogP) is 5.45.